The highest BCUT2D eigenvalue weighted by Gasteiger charge is 2.39. The van der Waals surface area contributed by atoms with Gasteiger partial charge in [0.15, 0.2) is 0 Å². The monoisotopic (exact) mass is 692 g/mol. The summed E-state index contributed by atoms with van der Waals surface area (Å²) in [5.41, 5.74) is 7.53. The second-order valence-electron chi connectivity index (χ2n) is 13.1. The van der Waals surface area contributed by atoms with Crippen molar-refractivity contribution in [3.63, 3.8) is 0 Å². The molecule has 0 spiro atoms. The van der Waals surface area contributed by atoms with Crippen molar-refractivity contribution in [2.45, 2.75) is 5.41 Å². The maximum absolute atomic E-state index is 9.80. The zero-order chi connectivity index (χ0) is 36.0. The van der Waals surface area contributed by atoms with Crippen LogP contribution in [0.25, 0.3) is 43.8 Å². The van der Waals surface area contributed by atoms with Gasteiger partial charge in [-0.25, -0.2) is 0 Å². The summed E-state index contributed by atoms with van der Waals surface area (Å²) in [6.07, 6.45) is 0. The molecule has 8 aromatic rings. The van der Waals surface area contributed by atoms with E-state index in [1.807, 2.05) is 12.1 Å². The number of fused-ring (bicyclic) bond motifs is 2. The van der Waals surface area contributed by atoms with Crippen LogP contribution in [0.15, 0.2) is 182 Å². The van der Waals surface area contributed by atoms with E-state index in [1.54, 1.807) is 0 Å². The summed E-state index contributed by atoms with van der Waals surface area (Å²) >= 11 is 0. The molecule has 260 valence electrons. The van der Waals surface area contributed by atoms with Crippen LogP contribution >= 0.6 is 0 Å². The lowest BCUT2D eigenvalue weighted by Crippen LogP contribution is -2.31. The van der Waals surface area contributed by atoms with E-state index < -0.39 is 5.41 Å². The SMILES string of the molecule is OCCOc1ccc(C(c2ccccc2)(c2ccccc2)c2ccc(OCCO)c(-c3cccc4ccccc34)c2)cc1-c1cccc2ccccc12. The normalized spacial score (nSPS) is 11.5. The number of aliphatic hydroxyl groups is 2. The Hall–Kier alpha value is -6.20. The lowest BCUT2D eigenvalue weighted by atomic mass is 9.64. The standard InChI is InChI=1S/C49H40O4/c50-29-31-52-47-27-25-39(33-45(47)43-23-11-15-35-13-7-9-21-41(35)43)49(37-17-3-1-4-18-37,38-19-5-2-6-20-38)40-26-28-48(53-32-30-51)46(34-40)44-24-12-16-36-14-8-10-22-42(36)44/h1-28,33-34,50-51H,29-32H2. The third kappa shape index (κ3) is 6.33. The van der Waals surface area contributed by atoms with Gasteiger partial charge in [0.2, 0.25) is 0 Å². The summed E-state index contributed by atoms with van der Waals surface area (Å²) in [5.74, 6) is 1.41. The first kappa shape index (κ1) is 33.9. The van der Waals surface area contributed by atoms with Gasteiger partial charge in [0, 0.05) is 11.1 Å². The van der Waals surface area contributed by atoms with Gasteiger partial charge >= 0.3 is 0 Å². The molecule has 0 heterocycles. The fraction of sp³-hybridized carbons (Fsp3) is 0.102. The minimum atomic E-state index is -0.786. The highest BCUT2D eigenvalue weighted by molar-refractivity contribution is 5.99. The third-order valence-corrected chi connectivity index (χ3v) is 10.1. The van der Waals surface area contributed by atoms with E-state index >= 15 is 0 Å². The molecule has 53 heavy (non-hydrogen) atoms. The van der Waals surface area contributed by atoms with E-state index in [-0.39, 0.29) is 26.4 Å². The molecule has 8 aromatic carbocycles. The van der Waals surface area contributed by atoms with Crippen LogP contribution in [0, 0.1) is 0 Å². The van der Waals surface area contributed by atoms with E-state index in [9.17, 15) is 10.2 Å². The molecular weight excluding hydrogens is 653 g/mol. The Balaban J connectivity index is 1.47. The Labute approximate surface area is 310 Å². The Morgan fingerprint density at radius 3 is 1.19 bits per heavy atom. The summed E-state index contributed by atoms with van der Waals surface area (Å²) in [6, 6.07) is 63.8. The van der Waals surface area contributed by atoms with Gasteiger partial charge < -0.3 is 19.7 Å². The summed E-state index contributed by atoms with van der Waals surface area (Å²) < 4.78 is 12.5. The lowest BCUT2D eigenvalue weighted by molar-refractivity contribution is 0.202. The van der Waals surface area contributed by atoms with E-state index in [0.717, 1.165) is 66.1 Å². The van der Waals surface area contributed by atoms with Crippen LogP contribution < -0.4 is 9.47 Å². The van der Waals surface area contributed by atoms with Gasteiger partial charge in [0.1, 0.15) is 24.7 Å². The van der Waals surface area contributed by atoms with Crippen LogP contribution in [0.1, 0.15) is 22.3 Å². The largest absolute Gasteiger partial charge is 0.491 e. The van der Waals surface area contributed by atoms with Crippen molar-refractivity contribution in [2.24, 2.45) is 0 Å². The predicted molar refractivity (Wildman–Crippen MR) is 216 cm³/mol. The second-order valence-corrected chi connectivity index (χ2v) is 13.1. The number of hydrogen-bond donors (Lipinski definition) is 2. The van der Waals surface area contributed by atoms with Crippen molar-refractivity contribution in [3.05, 3.63) is 204 Å². The molecule has 0 atom stereocenters. The maximum atomic E-state index is 9.80. The molecule has 4 heteroatoms. The molecule has 0 aliphatic rings. The van der Waals surface area contributed by atoms with Crippen LogP contribution in [0.5, 0.6) is 11.5 Å². The Morgan fingerprint density at radius 1 is 0.358 bits per heavy atom. The first-order valence-corrected chi connectivity index (χ1v) is 18.1. The number of rotatable bonds is 12. The van der Waals surface area contributed by atoms with E-state index in [2.05, 4.69) is 170 Å². The van der Waals surface area contributed by atoms with Crippen LogP contribution in [0.2, 0.25) is 0 Å². The quantitative estimate of drug-likeness (QED) is 0.125. The molecule has 0 saturated carbocycles. The molecular formula is C49H40O4. The third-order valence-electron chi connectivity index (χ3n) is 10.1. The molecule has 0 saturated heterocycles. The van der Waals surface area contributed by atoms with Crippen molar-refractivity contribution in [3.8, 4) is 33.8 Å². The summed E-state index contributed by atoms with van der Waals surface area (Å²) in [5, 5.41) is 24.1. The average Bonchev–Trinajstić information content (AvgIpc) is 3.23. The summed E-state index contributed by atoms with van der Waals surface area (Å²) in [4.78, 5) is 0. The van der Waals surface area contributed by atoms with E-state index in [4.69, 9.17) is 9.47 Å². The molecule has 0 unspecified atom stereocenters. The minimum absolute atomic E-state index is 0.0870. The summed E-state index contributed by atoms with van der Waals surface area (Å²) in [7, 11) is 0. The fourth-order valence-electron chi connectivity index (χ4n) is 7.81. The number of benzene rings is 8. The first-order chi connectivity index (χ1) is 26.2. The molecule has 2 N–H and O–H groups in total. The fourth-order valence-corrected chi connectivity index (χ4v) is 7.81. The van der Waals surface area contributed by atoms with Gasteiger partial charge in [-0.15, -0.1) is 0 Å². The topological polar surface area (TPSA) is 58.9 Å². The van der Waals surface area contributed by atoms with Crippen LogP contribution in [-0.4, -0.2) is 36.6 Å². The summed E-state index contributed by atoms with van der Waals surface area (Å²) in [6.45, 7) is 0.194. The highest BCUT2D eigenvalue weighted by atomic mass is 16.5. The number of hydrogen-bond acceptors (Lipinski definition) is 4. The zero-order valence-corrected chi connectivity index (χ0v) is 29.4. The molecule has 0 aromatic heterocycles. The zero-order valence-electron chi connectivity index (χ0n) is 29.4. The molecule has 0 radical (unpaired) electrons. The smallest absolute Gasteiger partial charge is 0.127 e. The van der Waals surface area contributed by atoms with Crippen LogP contribution in [0.3, 0.4) is 0 Å². The van der Waals surface area contributed by atoms with E-state index in [0.29, 0.717) is 11.5 Å². The average molecular weight is 693 g/mol. The van der Waals surface area contributed by atoms with Gasteiger partial charge in [-0.2, -0.15) is 0 Å². The number of aliphatic hydroxyl groups excluding tert-OH is 2. The molecule has 0 bridgehead atoms. The van der Waals surface area contributed by atoms with Crippen molar-refractivity contribution in [1.82, 2.24) is 0 Å². The van der Waals surface area contributed by atoms with Crippen LogP contribution in [0.4, 0.5) is 0 Å². The van der Waals surface area contributed by atoms with Crippen molar-refractivity contribution in [1.29, 1.82) is 0 Å². The van der Waals surface area contributed by atoms with Gasteiger partial charge in [-0.05, 0) is 79.2 Å². The molecule has 4 nitrogen and oxygen atoms in total. The Morgan fingerprint density at radius 2 is 0.755 bits per heavy atom. The molecule has 0 aliphatic heterocycles. The van der Waals surface area contributed by atoms with Crippen LogP contribution in [-0.2, 0) is 5.41 Å². The molecule has 0 fully saturated rings. The van der Waals surface area contributed by atoms with Gasteiger partial charge in [-0.1, -0.05) is 158 Å². The predicted octanol–water partition coefficient (Wildman–Crippen LogP) is 10.5. The van der Waals surface area contributed by atoms with Crippen molar-refractivity contribution >= 4 is 21.5 Å². The molecule has 0 aliphatic carbocycles. The highest BCUT2D eigenvalue weighted by Crippen LogP contribution is 2.50. The first-order valence-electron chi connectivity index (χ1n) is 18.1. The lowest BCUT2D eigenvalue weighted by Gasteiger charge is -2.38. The van der Waals surface area contributed by atoms with Crippen molar-refractivity contribution < 1.29 is 19.7 Å². The van der Waals surface area contributed by atoms with Gasteiger partial charge in [0.05, 0.1) is 18.6 Å². The van der Waals surface area contributed by atoms with E-state index in [1.165, 1.54) is 0 Å². The molecule has 0 amide bonds. The Kier molecular flexibility index (Phi) is 9.72. The number of ether oxygens (including phenoxy) is 2. The maximum Gasteiger partial charge on any atom is 0.127 e. The molecule has 8 rings (SSSR count). The minimum Gasteiger partial charge on any atom is -0.491 e. The Bertz CT molecular complexity index is 2300. The second kappa shape index (κ2) is 15.2. The van der Waals surface area contributed by atoms with Gasteiger partial charge in [0.25, 0.3) is 0 Å². The van der Waals surface area contributed by atoms with Gasteiger partial charge in [-0.3, -0.25) is 0 Å². The van der Waals surface area contributed by atoms with Crippen molar-refractivity contribution in [2.75, 3.05) is 26.4 Å².